The Labute approximate surface area is 170 Å². The molecule has 6 rings (SSSR count). The minimum Gasteiger partial charge on any atom is -0.330 e. The van der Waals surface area contributed by atoms with E-state index in [1.54, 1.807) is 4.90 Å². The zero-order valence-corrected chi connectivity index (χ0v) is 16.7. The van der Waals surface area contributed by atoms with Gasteiger partial charge in [-0.25, -0.2) is 0 Å². The fraction of sp³-hybridized carbons (Fsp3) is 0.591. The van der Waals surface area contributed by atoms with Crippen LogP contribution in [0.2, 0.25) is 0 Å². The van der Waals surface area contributed by atoms with Gasteiger partial charge < -0.3 is 10.6 Å². The molecule has 0 aromatic heterocycles. The molecule has 1 aromatic rings. The SMILES string of the molecule is NCC12CCC(CC1)N(Cc1cccc3c1C(=O)N(C1CCC(=O)NC1=O)C3)C2. The standard InChI is InChI=1S/C22H28N4O3/c23-12-22-8-6-16(7-9-22)25(13-22)10-14-2-1-3-15-11-26(21(29)19(14)15)17-4-5-18(27)24-20(17)28/h1-3,16-17H,4-13,23H2,(H,24,27,28). The molecule has 1 atom stereocenters. The zero-order valence-electron chi connectivity index (χ0n) is 16.7. The number of nitrogens with one attached hydrogen (secondary N) is 1. The summed E-state index contributed by atoms with van der Waals surface area (Å²) in [4.78, 5) is 41.2. The smallest absolute Gasteiger partial charge is 0.255 e. The minimum absolute atomic E-state index is 0.0826. The normalized spacial score (nSPS) is 31.9. The highest BCUT2D eigenvalue weighted by Crippen LogP contribution is 2.44. The number of hydrogen-bond donors (Lipinski definition) is 2. The maximum absolute atomic E-state index is 13.3. The highest BCUT2D eigenvalue weighted by atomic mass is 16.2. The van der Waals surface area contributed by atoms with E-state index in [1.165, 1.54) is 25.7 Å². The van der Waals surface area contributed by atoms with Crippen LogP contribution < -0.4 is 11.1 Å². The van der Waals surface area contributed by atoms with Gasteiger partial charge in [0.25, 0.3) is 5.91 Å². The molecule has 0 radical (unpaired) electrons. The van der Waals surface area contributed by atoms with E-state index in [2.05, 4.69) is 10.2 Å². The van der Waals surface area contributed by atoms with E-state index in [0.29, 0.717) is 19.0 Å². The molecule has 1 aromatic carbocycles. The number of benzene rings is 1. The van der Waals surface area contributed by atoms with Crippen LogP contribution in [0.15, 0.2) is 18.2 Å². The van der Waals surface area contributed by atoms with Crippen LogP contribution in [0.1, 0.15) is 60.0 Å². The average Bonchev–Trinajstić information content (AvgIpc) is 3.06. The second-order valence-electron chi connectivity index (χ2n) is 9.19. The first-order valence-electron chi connectivity index (χ1n) is 10.7. The predicted octanol–water partition coefficient (Wildman–Crippen LogP) is 1.15. The third-order valence-corrected chi connectivity index (χ3v) is 7.52. The fourth-order valence-corrected chi connectivity index (χ4v) is 5.79. The molecule has 1 unspecified atom stereocenters. The van der Waals surface area contributed by atoms with E-state index < -0.39 is 6.04 Å². The number of carbonyl (C=O) groups excluding carboxylic acids is 3. The number of nitrogens with two attached hydrogens (primary N) is 1. The zero-order chi connectivity index (χ0) is 20.2. The molecule has 4 fully saturated rings. The third-order valence-electron chi connectivity index (χ3n) is 7.52. The van der Waals surface area contributed by atoms with Crippen molar-refractivity contribution < 1.29 is 14.4 Å². The van der Waals surface area contributed by atoms with E-state index in [9.17, 15) is 14.4 Å². The topological polar surface area (TPSA) is 95.7 Å². The number of nitrogens with zero attached hydrogens (tertiary/aromatic N) is 2. The van der Waals surface area contributed by atoms with E-state index in [4.69, 9.17) is 5.73 Å². The van der Waals surface area contributed by atoms with Crippen molar-refractivity contribution >= 4 is 17.7 Å². The summed E-state index contributed by atoms with van der Waals surface area (Å²) >= 11 is 0. The summed E-state index contributed by atoms with van der Waals surface area (Å²) in [6, 6.07) is 6.04. The second-order valence-corrected chi connectivity index (χ2v) is 9.19. The number of piperidine rings is 3. The van der Waals surface area contributed by atoms with Crippen LogP contribution in [-0.4, -0.2) is 52.7 Å². The van der Waals surface area contributed by atoms with Gasteiger partial charge in [-0.1, -0.05) is 18.2 Å². The molecule has 4 heterocycles. The van der Waals surface area contributed by atoms with Crippen LogP contribution >= 0.6 is 0 Å². The van der Waals surface area contributed by atoms with Crippen molar-refractivity contribution in [1.82, 2.24) is 15.1 Å². The van der Waals surface area contributed by atoms with E-state index in [1.807, 2.05) is 18.2 Å². The summed E-state index contributed by atoms with van der Waals surface area (Å²) in [5, 5.41) is 2.37. The largest absolute Gasteiger partial charge is 0.330 e. The number of imide groups is 1. The maximum Gasteiger partial charge on any atom is 0.255 e. The highest BCUT2D eigenvalue weighted by Gasteiger charge is 2.45. The van der Waals surface area contributed by atoms with Crippen LogP contribution in [-0.2, 0) is 22.7 Å². The number of rotatable bonds is 4. The Kier molecular flexibility index (Phi) is 4.47. The Morgan fingerprint density at radius 3 is 2.66 bits per heavy atom. The van der Waals surface area contributed by atoms with Crippen LogP contribution in [0, 0.1) is 5.41 Å². The quantitative estimate of drug-likeness (QED) is 0.745. The van der Waals surface area contributed by atoms with Gasteiger partial charge in [0.1, 0.15) is 6.04 Å². The predicted molar refractivity (Wildman–Crippen MR) is 107 cm³/mol. The van der Waals surface area contributed by atoms with Crippen LogP contribution in [0.3, 0.4) is 0 Å². The van der Waals surface area contributed by atoms with Crippen LogP contribution in [0.25, 0.3) is 0 Å². The molecule has 1 aliphatic carbocycles. The molecule has 7 nitrogen and oxygen atoms in total. The molecular weight excluding hydrogens is 368 g/mol. The minimum atomic E-state index is -0.563. The summed E-state index contributed by atoms with van der Waals surface area (Å²) < 4.78 is 0. The van der Waals surface area contributed by atoms with E-state index in [0.717, 1.165) is 36.3 Å². The average molecular weight is 396 g/mol. The van der Waals surface area contributed by atoms with E-state index >= 15 is 0 Å². The molecule has 3 N–H and O–H groups in total. The lowest BCUT2D eigenvalue weighted by Crippen LogP contribution is -2.56. The van der Waals surface area contributed by atoms with Gasteiger partial charge in [-0.15, -0.1) is 0 Å². The lowest BCUT2D eigenvalue weighted by Gasteiger charge is -2.52. The fourth-order valence-electron chi connectivity index (χ4n) is 5.79. The Bertz CT molecular complexity index is 875. The summed E-state index contributed by atoms with van der Waals surface area (Å²) in [5.41, 5.74) is 9.12. The van der Waals surface area contributed by atoms with Crippen molar-refractivity contribution in [3.05, 3.63) is 34.9 Å². The monoisotopic (exact) mass is 396 g/mol. The van der Waals surface area contributed by atoms with E-state index in [-0.39, 0.29) is 29.6 Å². The Morgan fingerprint density at radius 1 is 1.14 bits per heavy atom. The molecule has 4 aliphatic heterocycles. The van der Waals surface area contributed by atoms with Gasteiger partial charge in [0.15, 0.2) is 0 Å². The molecule has 3 saturated heterocycles. The van der Waals surface area contributed by atoms with Gasteiger partial charge in [-0.05, 0) is 55.2 Å². The lowest BCUT2D eigenvalue weighted by molar-refractivity contribution is -0.136. The van der Waals surface area contributed by atoms with Gasteiger partial charge >= 0.3 is 0 Å². The third kappa shape index (κ3) is 3.07. The second kappa shape index (κ2) is 6.92. The Hall–Kier alpha value is -2.25. The highest BCUT2D eigenvalue weighted by molar-refractivity contribution is 6.05. The van der Waals surface area contributed by atoms with Crippen LogP contribution in [0.4, 0.5) is 0 Å². The molecule has 0 spiro atoms. The summed E-state index contributed by atoms with van der Waals surface area (Å²) in [6.45, 7) is 2.92. The van der Waals surface area contributed by atoms with Crippen molar-refractivity contribution in [2.45, 2.75) is 63.7 Å². The van der Waals surface area contributed by atoms with Gasteiger partial charge in [0.2, 0.25) is 11.8 Å². The number of hydrogen-bond acceptors (Lipinski definition) is 5. The molecule has 29 heavy (non-hydrogen) atoms. The number of carbonyl (C=O) groups is 3. The van der Waals surface area contributed by atoms with Crippen molar-refractivity contribution in [3.8, 4) is 0 Å². The van der Waals surface area contributed by atoms with Crippen LogP contribution in [0.5, 0.6) is 0 Å². The molecule has 5 aliphatic rings. The molecule has 3 amide bonds. The molecule has 154 valence electrons. The number of fused-ring (bicyclic) bond motifs is 4. The first-order valence-corrected chi connectivity index (χ1v) is 10.7. The van der Waals surface area contributed by atoms with Gasteiger partial charge in [0.05, 0.1) is 0 Å². The maximum atomic E-state index is 13.3. The van der Waals surface area contributed by atoms with Crippen molar-refractivity contribution in [1.29, 1.82) is 0 Å². The first kappa shape index (κ1) is 18.8. The first-order chi connectivity index (χ1) is 14.0. The summed E-state index contributed by atoms with van der Waals surface area (Å²) in [7, 11) is 0. The van der Waals surface area contributed by atoms with Gasteiger partial charge in [0, 0.05) is 37.7 Å². The molecule has 7 heteroatoms. The summed E-state index contributed by atoms with van der Waals surface area (Å²) in [6.07, 6.45) is 5.46. The van der Waals surface area contributed by atoms with Gasteiger partial charge in [-0.2, -0.15) is 0 Å². The Balaban J connectivity index is 1.38. The molecular formula is C22H28N4O3. The summed E-state index contributed by atoms with van der Waals surface area (Å²) in [5.74, 6) is -0.701. The number of amides is 3. The van der Waals surface area contributed by atoms with Crippen molar-refractivity contribution in [2.24, 2.45) is 11.1 Å². The molecule has 2 bridgehead atoms. The van der Waals surface area contributed by atoms with Crippen molar-refractivity contribution in [3.63, 3.8) is 0 Å². The van der Waals surface area contributed by atoms with Gasteiger partial charge in [-0.3, -0.25) is 24.6 Å². The van der Waals surface area contributed by atoms with Crippen molar-refractivity contribution in [2.75, 3.05) is 13.1 Å². The molecule has 1 saturated carbocycles. The Morgan fingerprint density at radius 2 is 1.93 bits per heavy atom. The lowest BCUT2D eigenvalue weighted by atomic mass is 9.67.